The Morgan fingerprint density at radius 1 is 1.00 bits per heavy atom. The van der Waals surface area contributed by atoms with Crippen molar-refractivity contribution in [2.45, 2.75) is 12.0 Å². The lowest BCUT2D eigenvalue weighted by Gasteiger charge is -2.32. The number of ketones is 1. The minimum Gasteiger partial charge on any atom is -0.384 e. The Morgan fingerprint density at radius 2 is 1.65 bits per heavy atom. The zero-order valence-electron chi connectivity index (χ0n) is 12.9. The van der Waals surface area contributed by atoms with Crippen molar-refractivity contribution in [1.82, 2.24) is 0 Å². The van der Waals surface area contributed by atoms with Gasteiger partial charge in [0, 0.05) is 18.1 Å². The fraction of sp³-hybridized carbons (Fsp3) is 0.350. The first-order valence-electron chi connectivity index (χ1n) is 8.15. The van der Waals surface area contributed by atoms with Crippen LogP contribution in [0.5, 0.6) is 0 Å². The number of hydrogen-bond acceptors (Lipinski definition) is 3. The molecular weight excluding hydrogens is 288 g/mol. The normalized spacial score (nSPS) is 32.7. The highest BCUT2D eigenvalue weighted by Gasteiger charge is 2.58. The third-order valence-electron chi connectivity index (χ3n) is 5.38. The molecule has 1 saturated carbocycles. The Bertz CT molecular complexity index is 697. The number of carbonyl (C=O) groups is 1. The quantitative estimate of drug-likeness (QED) is 0.887. The highest BCUT2D eigenvalue weighted by atomic mass is 16.5. The van der Waals surface area contributed by atoms with E-state index in [-0.39, 0.29) is 17.6 Å². The van der Waals surface area contributed by atoms with Gasteiger partial charge in [0.2, 0.25) is 0 Å². The van der Waals surface area contributed by atoms with Crippen LogP contribution in [0.1, 0.15) is 22.3 Å². The topological polar surface area (TPSA) is 46.5 Å². The predicted octanol–water partition coefficient (Wildman–Crippen LogP) is 3.04. The van der Waals surface area contributed by atoms with Crippen molar-refractivity contribution in [2.75, 3.05) is 13.2 Å². The fourth-order valence-electron chi connectivity index (χ4n) is 4.29. The summed E-state index contributed by atoms with van der Waals surface area (Å²) in [6, 6.07) is 18.9. The Morgan fingerprint density at radius 3 is 2.35 bits per heavy atom. The molecule has 3 nitrogen and oxygen atoms in total. The Hall–Kier alpha value is -1.97. The zero-order chi connectivity index (χ0) is 15.9. The summed E-state index contributed by atoms with van der Waals surface area (Å²) in [4.78, 5) is 13.2. The predicted molar refractivity (Wildman–Crippen MR) is 87.0 cm³/mol. The molecule has 1 saturated heterocycles. The van der Waals surface area contributed by atoms with Crippen molar-refractivity contribution < 1.29 is 14.6 Å². The maximum Gasteiger partial charge on any atom is 0.169 e. The average Bonchev–Trinajstić information content (AvgIpc) is 3.14. The molecule has 0 amide bonds. The molecule has 1 aliphatic heterocycles. The van der Waals surface area contributed by atoms with E-state index in [0.29, 0.717) is 25.2 Å². The van der Waals surface area contributed by atoms with E-state index in [0.717, 1.165) is 5.56 Å². The smallest absolute Gasteiger partial charge is 0.169 e. The van der Waals surface area contributed by atoms with Crippen molar-refractivity contribution >= 4 is 5.78 Å². The summed E-state index contributed by atoms with van der Waals surface area (Å²) in [5, 5.41) is 11.5. The van der Waals surface area contributed by atoms with E-state index >= 15 is 0 Å². The van der Waals surface area contributed by atoms with Crippen molar-refractivity contribution in [1.29, 1.82) is 0 Å². The highest BCUT2D eigenvalue weighted by Crippen LogP contribution is 2.53. The Kier molecular flexibility index (Phi) is 3.55. The maximum atomic E-state index is 13.2. The first-order valence-corrected chi connectivity index (χ1v) is 8.15. The van der Waals surface area contributed by atoms with Crippen LogP contribution in [-0.2, 0) is 10.3 Å². The van der Waals surface area contributed by atoms with Gasteiger partial charge in [-0.05, 0) is 17.9 Å². The number of fused-ring (bicyclic) bond motifs is 1. The molecule has 1 heterocycles. The minimum atomic E-state index is -1.10. The zero-order valence-corrected chi connectivity index (χ0v) is 12.9. The van der Waals surface area contributed by atoms with Gasteiger partial charge < -0.3 is 9.84 Å². The van der Waals surface area contributed by atoms with Gasteiger partial charge in [0.1, 0.15) is 5.60 Å². The molecule has 4 rings (SSSR count). The summed E-state index contributed by atoms with van der Waals surface area (Å²) in [5.41, 5.74) is 0.399. The van der Waals surface area contributed by atoms with E-state index in [1.807, 2.05) is 60.7 Å². The second-order valence-corrected chi connectivity index (χ2v) is 6.66. The molecule has 0 aromatic heterocycles. The third-order valence-corrected chi connectivity index (χ3v) is 5.38. The first kappa shape index (κ1) is 14.6. The van der Waals surface area contributed by atoms with Crippen LogP contribution in [0, 0.1) is 17.8 Å². The van der Waals surface area contributed by atoms with E-state index < -0.39 is 11.5 Å². The molecule has 2 fully saturated rings. The van der Waals surface area contributed by atoms with Gasteiger partial charge in [0.05, 0.1) is 12.5 Å². The molecule has 1 N–H and O–H groups in total. The van der Waals surface area contributed by atoms with E-state index in [2.05, 4.69) is 0 Å². The fourth-order valence-corrected chi connectivity index (χ4v) is 4.29. The number of benzene rings is 2. The number of rotatable bonds is 3. The maximum absolute atomic E-state index is 13.2. The molecule has 2 aromatic carbocycles. The lowest BCUT2D eigenvalue weighted by atomic mass is 9.76. The summed E-state index contributed by atoms with van der Waals surface area (Å²) in [6.45, 7) is 1.20. The van der Waals surface area contributed by atoms with Crippen molar-refractivity contribution in [3.05, 3.63) is 71.8 Å². The number of hydrogen-bond donors (Lipinski definition) is 1. The van der Waals surface area contributed by atoms with Crippen molar-refractivity contribution in [2.24, 2.45) is 17.8 Å². The Labute approximate surface area is 135 Å². The van der Waals surface area contributed by atoms with Crippen LogP contribution in [-0.4, -0.2) is 24.1 Å². The number of aliphatic hydroxyl groups is 1. The van der Waals surface area contributed by atoms with Gasteiger partial charge in [-0.25, -0.2) is 0 Å². The van der Waals surface area contributed by atoms with Gasteiger partial charge in [-0.3, -0.25) is 4.79 Å². The summed E-state index contributed by atoms with van der Waals surface area (Å²) < 4.78 is 5.59. The van der Waals surface area contributed by atoms with Crippen LogP contribution in [0.15, 0.2) is 60.7 Å². The largest absolute Gasteiger partial charge is 0.384 e. The average molecular weight is 308 g/mol. The Balaban J connectivity index is 1.78. The summed E-state index contributed by atoms with van der Waals surface area (Å²) in [5.74, 6) is -0.0828. The minimum absolute atomic E-state index is 0.0231. The molecule has 118 valence electrons. The van der Waals surface area contributed by atoms with E-state index in [4.69, 9.17) is 4.74 Å². The molecule has 2 aliphatic rings. The second kappa shape index (κ2) is 5.59. The van der Waals surface area contributed by atoms with Crippen LogP contribution < -0.4 is 0 Å². The molecule has 0 spiro atoms. The number of ether oxygens (including phenoxy) is 1. The summed E-state index contributed by atoms with van der Waals surface area (Å²) >= 11 is 0. The molecular formula is C20H20O3. The molecule has 3 heteroatoms. The van der Waals surface area contributed by atoms with Gasteiger partial charge in [-0.2, -0.15) is 0 Å². The number of Topliss-reactive ketones (excluding diaryl/α,β-unsaturated/α-hetero) is 1. The molecule has 4 unspecified atom stereocenters. The van der Waals surface area contributed by atoms with Crippen molar-refractivity contribution in [3.63, 3.8) is 0 Å². The molecule has 2 aromatic rings. The molecule has 0 radical (unpaired) electrons. The highest BCUT2D eigenvalue weighted by molar-refractivity contribution is 5.99. The SMILES string of the molecule is O=C(c1ccccc1)C1C2COCC2CC1(O)c1ccccc1. The van der Waals surface area contributed by atoms with Crippen molar-refractivity contribution in [3.8, 4) is 0 Å². The second-order valence-electron chi connectivity index (χ2n) is 6.66. The van der Waals surface area contributed by atoms with Gasteiger partial charge in [-0.1, -0.05) is 60.7 Å². The van der Waals surface area contributed by atoms with Gasteiger partial charge in [0.15, 0.2) is 5.78 Å². The molecule has 1 aliphatic carbocycles. The van der Waals surface area contributed by atoms with E-state index in [9.17, 15) is 9.90 Å². The van der Waals surface area contributed by atoms with Gasteiger partial charge in [-0.15, -0.1) is 0 Å². The number of carbonyl (C=O) groups excluding carboxylic acids is 1. The van der Waals surface area contributed by atoms with E-state index in [1.165, 1.54) is 0 Å². The summed E-state index contributed by atoms with van der Waals surface area (Å²) in [6.07, 6.45) is 0.588. The van der Waals surface area contributed by atoms with Crippen LogP contribution in [0.25, 0.3) is 0 Å². The van der Waals surface area contributed by atoms with E-state index in [1.54, 1.807) is 0 Å². The molecule has 0 bridgehead atoms. The third kappa shape index (κ3) is 2.32. The first-order chi connectivity index (χ1) is 11.2. The monoisotopic (exact) mass is 308 g/mol. The van der Waals surface area contributed by atoms with Gasteiger partial charge in [0.25, 0.3) is 0 Å². The van der Waals surface area contributed by atoms with Crippen LogP contribution in [0.2, 0.25) is 0 Å². The lowest BCUT2D eigenvalue weighted by molar-refractivity contribution is -0.0171. The standard InChI is InChI=1S/C20H20O3/c21-19(14-7-3-1-4-8-14)18-17-13-23-12-15(17)11-20(18,22)16-9-5-2-6-10-16/h1-10,15,17-18,22H,11-13H2. The van der Waals surface area contributed by atoms with Crippen LogP contribution in [0.4, 0.5) is 0 Å². The molecule has 4 atom stereocenters. The lowest BCUT2D eigenvalue weighted by Crippen LogP contribution is -2.39. The van der Waals surface area contributed by atoms with Gasteiger partial charge >= 0.3 is 0 Å². The van der Waals surface area contributed by atoms with Crippen LogP contribution >= 0.6 is 0 Å². The van der Waals surface area contributed by atoms with Crippen LogP contribution in [0.3, 0.4) is 0 Å². The molecule has 23 heavy (non-hydrogen) atoms. The summed E-state index contributed by atoms with van der Waals surface area (Å²) in [7, 11) is 0.